The third-order valence-corrected chi connectivity index (χ3v) is 2.76. The molecular weight excluding hydrogens is 453 g/mol. The Morgan fingerprint density at radius 3 is 1.18 bits per heavy atom. The smallest absolute Gasteiger partial charge is 0.473 e. The van der Waals surface area contributed by atoms with Crippen LogP contribution >= 0.6 is 0 Å². The second-order valence-electron chi connectivity index (χ2n) is 4.72. The van der Waals surface area contributed by atoms with Crippen LogP contribution in [0.2, 0.25) is 0 Å². The quantitative estimate of drug-likeness (QED) is 0.256. The highest BCUT2D eigenvalue weighted by molar-refractivity contribution is 5.85. The first-order valence-corrected chi connectivity index (χ1v) is 5.77. The van der Waals surface area contributed by atoms with Crippen molar-refractivity contribution in [2.75, 3.05) is 0 Å². The monoisotopic (exact) mass is 456 g/mol. The molecule has 18 heteroatoms. The topological polar surface area (TPSA) is 46.5 Å². The standard InChI is InChI=1S/C10H3F15O3/c1-2(26)3(27)28-10(24,25)8(19,20)6(15,16)4(11,12)5(13,14)7(17,18)9(21,22)23/h26H,1H2. The molecular formula is C10H3F15O3. The number of aliphatic hydroxyl groups excluding tert-OH is 1. The van der Waals surface area contributed by atoms with E-state index in [-0.39, 0.29) is 0 Å². The average Bonchev–Trinajstić information content (AvgIpc) is 2.44. The predicted molar refractivity (Wildman–Crippen MR) is 53.6 cm³/mol. The molecule has 0 aromatic carbocycles. The number of rotatable bonds is 7. The van der Waals surface area contributed by atoms with Crippen LogP contribution in [0.3, 0.4) is 0 Å². The molecule has 0 aliphatic heterocycles. The fraction of sp³-hybridized carbons (Fsp3) is 0.700. The number of carbonyl (C=O) groups excluding carboxylic acids is 1. The van der Waals surface area contributed by atoms with Gasteiger partial charge in [0.2, 0.25) is 0 Å². The van der Waals surface area contributed by atoms with Gasteiger partial charge in [-0.1, -0.05) is 0 Å². The van der Waals surface area contributed by atoms with Gasteiger partial charge < -0.3 is 9.84 Å². The van der Waals surface area contributed by atoms with Gasteiger partial charge in [0.1, 0.15) is 0 Å². The molecule has 28 heavy (non-hydrogen) atoms. The van der Waals surface area contributed by atoms with Crippen LogP contribution in [0.5, 0.6) is 0 Å². The van der Waals surface area contributed by atoms with Crippen LogP contribution in [0.15, 0.2) is 12.3 Å². The highest BCUT2D eigenvalue weighted by atomic mass is 19.4. The van der Waals surface area contributed by atoms with Gasteiger partial charge in [-0.05, 0) is 6.58 Å². The van der Waals surface area contributed by atoms with Gasteiger partial charge in [0.25, 0.3) is 0 Å². The average molecular weight is 456 g/mol. The summed E-state index contributed by atoms with van der Waals surface area (Å²) in [4.78, 5) is 10.4. The van der Waals surface area contributed by atoms with E-state index in [0.29, 0.717) is 0 Å². The molecule has 0 heterocycles. The Labute approximate surface area is 142 Å². The minimum absolute atomic E-state index is 2.05. The van der Waals surface area contributed by atoms with E-state index in [9.17, 15) is 70.7 Å². The number of halogens is 15. The Morgan fingerprint density at radius 2 is 0.893 bits per heavy atom. The number of ether oxygens (including phenoxy) is 1. The Bertz CT molecular complexity index is 632. The molecule has 0 saturated carbocycles. The highest BCUT2D eigenvalue weighted by Gasteiger charge is 2.94. The summed E-state index contributed by atoms with van der Waals surface area (Å²) >= 11 is 0. The van der Waals surface area contributed by atoms with Crippen LogP contribution in [0.4, 0.5) is 65.9 Å². The zero-order chi connectivity index (χ0) is 23.4. The molecule has 1 N–H and O–H groups in total. The molecule has 0 aliphatic rings. The molecule has 0 saturated heterocycles. The highest BCUT2D eigenvalue weighted by Crippen LogP contribution is 2.62. The summed E-state index contributed by atoms with van der Waals surface area (Å²) in [6.45, 7) is 2.05. The van der Waals surface area contributed by atoms with Crippen LogP contribution in [0, 0.1) is 0 Å². The van der Waals surface area contributed by atoms with Gasteiger partial charge >= 0.3 is 47.9 Å². The first-order chi connectivity index (χ1) is 11.8. The van der Waals surface area contributed by atoms with Crippen molar-refractivity contribution in [3.05, 3.63) is 12.3 Å². The molecule has 0 radical (unpaired) electrons. The minimum Gasteiger partial charge on any atom is -0.502 e. The Balaban J connectivity index is 6.47. The molecule has 0 amide bonds. The van der Waals surface area contributed by atoms with Crippen LogP contribution < -0.4 is 0 Å². The van der Waals surface area contributed by atoms with Crippen LogP contribution in [0.1, 0.15) is 0 Å². The van der Waals surface area contributed by atoms with E-state index in [1.807, 2.05) is 0 Å². The molecule has 3 nitrogen and oxygen atoms in total. The summed E-state index contributed by atoms with van der Waals surface area (Å²) in [7, 11) is 0. The normalized spacial score (nSPS) is 15.4. The Hall–Kier alpha value is -2.04. The fourth-order valence-corrected chi connectivity index (χ4v) is 1.19. The van der Waals surface area contributed by atoms with Crippen molar-refractivity contribution in [1.82, 2.24) is 0 Å². The summed E-state index contributed by atoms with van der Waals surface area (Å²) in [6.07, 6.45) is -14.9. The van der Waals surface area contributed by atoms with Gasteiger partial charge in [0.05, 0.1) is 0 Å². The predicted octanol–water partition coefficient (Wildman–Crippen LogP) is 4.93. The Kier molecular flexibility index (Phi) is 6.02. The number of hydrogen-bond donors (Lipinski definition) is 1. The van der Waals surface area contributed by atoms with Gasteiger partial charge in [0.15, 0.2) is 5.76 Å². The summed E-state index contributed by atoms with van der Waals surface area (Å²) in [5.74, 6) is -46.7. The van der Waals surface area contributed by atoms with Gasteiger partial charge in [-0.2, -0.15) is 65.9 Å². The van der Waals surface area contributed by atoms with Gasteiger partial charge in [-0.3, -0.25) is 0 Å². The number of aliphatic hydroxyl groups is 1. The molecule has 0 aliphatic carbocycles. The van der Waals surface area contributed by atoms with Crippen LogP contribution in [-0.4, -0.2) is 53.0 Å². The largest absolute Gasteiger partial charge is 0.502 e. The second kappa shape index (κ2) is 6.50. The summed E-state index contributed by atoms with van der Waals surface area (Å²) in [5.41, 5.74) is 0. The van der Waals surface area contributed by atoms with Crippen molar-refractivity contribution in [3.63, 3.8) is 0 Å². The zero-order valence-corrected chi connectivity index (χ0v) is 12.1. The molecule has 166 valence electrons. The van der Waals surface area contributed by atoms with Gasteiger partial charge in [-0.15, -0.1) is 0 Å². The maximum atomic E-state index is 13.1. The van der Waals surface area contributed by atoms with Crippen molar-refractivity contribution in [2.45, 2.75) is 41.9 Å². The lowest BCUT2D eigenvalue weighted by molar-refractivity contribution is -0.467. The molecule has 0 fully saturated rings. The lowest BCUT2D eigenvalue weighted by atomic mass is 9.93. The molecule has 0 rings (SSSR count). The first-order valence-electron chi connectivity index (χ1n) is 5.77. The Morgan fingerprint density at radius 1 is 0.607 bits per heavy atom. The van der Waals surface area contributed by atoms with E-state index >= 15 is 0 Å². The van der Waals surface area contributed by atoms with Crippen molar-refractivity contribution in [1.29, 1.82) is 0 Å². The van der Waals surface area contributed by atoms with E-state index < -0.39 is 53.6 Å². The van der Waals surface area contributed by atoms with Gasteiger partial charge in [0, 0.05) is 0 Å². The number of alkyl halides is 15. The maximum absolute atomic E-state index is 13.1. The molecule has 0 spiro atoms. The maximum Gasteiger partial charge on any atom is 0.473 e. The van der Waals surface area contributed by atoms with Crippen LogP contribution in [0.25, 0.3) is 0 Å². The van der Waals surface area contributed by atoms with E-state index in [1.54, 1.807) is 0 Å². The molecule has 0 unspecified atom stereocenters. The SMILES string of the molecule is C=C(O)C(=O)OC(F)(F)C(F)(F)C(F)(F)C(F)(F)C(F)(F)C(F)(F)C(F)(F)F. The summed E-state index contributed by atoms with van der Waals surface area (Å²) in [5, 5.41) is 8.21. The number of carbonyl (C=O) groups is 1. The zero-order valence-electron chi connectivity index (χ0n) is 12.1. The third kappa shape index (κ3) is 3.40. The fourth-order valence-electron chi connectivity index (χ4n) is 1.19. The second-order valence-corrected chi connectivity index (χ2v) is 4.72. The molecule has 0 aromatic rings. The third-order valence-electron chi connectivity index (χ3n) is 2.76. The van der Waals surface area contributed by atoms with E-state index in [2.05, 4.69) is 11.3 Å². The number of esters is 1. The number of hydrogen-bond acceptors (Lipinski definition) is 3. The lowest BCUT2D eigenvalue weighted by Crippen LogP contribution is -2.73. The molecule has 0 aromatic heterocycles. The van der Waals surface area contributed by atoms with E-state index in [1.165, 1.54) is 0 Å². The van der Waals surface area contributed by atoms with Crippen molar-refractivity contribution in [3.8, 4) is 0 Å². The first kappa shape index (κ1) is 26.0. The molecule has 0 bridgehead atoms. The van der Waals surface area contributed by atoms with E-state index in [0.717, 1.165) is 0 Å². The van der Waals surface area contributed by atoms with Crippen molar-refractivity contribution in [2.24, 2.45) is 0 Å². The van der Waals surface area contributed by atoms with Crippen molar-refractivity contribution >= 4 is 5.97 Å². The minimum atomic E-state index is -8.49. The van der Waals surface area contributed by atoms with Crippen LogP contribution in [-0.2, 0) is 9.53 Å². The lowest BCUT2D eigenvalue weighted by Gasteiger charge is -2.40. The van der Waals surface area contributed by atoms with Crippen molar-refractivity contribution < 1.29 is 80.5 Å². The van der Waals surface area contributed by atoms with E-state index in [4.69, 9.17) is 5.11 Å². The summed E-state index contributed by atoms with van der Waals surface area (Å²) < 4.78 is 193. The van der Waals surface area contributed by atoms with Gasteiger partial charge in [-0.25, -0.2) is 4.79 Å². The molecule has 0 atom stereocenters. The summed E-state index contributed by atoms with van der Waals surface area (Å²) in [6, 6.07) is 0.